The number of hydrogen-bond acceptors (Lipinski definition) is 3. The standard InChI is InChI=1S/C17H33N3/c1-3-14-6-9-17(13-18,10-7-14)20-11-8-15-4-5-16(12-20)19(15)2/h14-16H,3-13,18H2,1-2H3. The maximum Gasteiger partial charge on any atom is 0.0332 e. The fraction of sp³-hybridized carbons (Fsp3) is 1.00. The summed E-state index contributed by atoms with van der Waals surface area (Å²) in [5, 5.41) is 0. The van der Waals surface area contributed by atoms with Crippen molar-refractivity contribution in [2.75, 3.05) is 26.7 Å². The molecule has 0 aromatic carbocycles. The first-order valence-corrected chi connectivity index (χ1v) is 8.85. The normalized spacial score (nSPS) is 43.6. The predicted octanol–water partition coefficient (Wildman–Crippen LogP) is 2.45. The van der Waals surface area contributed by atoms with Crippen molar-refractivity contribution in [3.8, 4) is 0 Å². The third kappa shape index (κ3) is 2.53. The summed E-state index contributed by atoms with van der Waals surface area (Å²) in [6.07, 6.45) is 11.0. The summed E-state index contributed by atoms with van der Waals surface area (Å²) in [4.78, 5) is 5.46. The van der Waals surface area contributed by atoms with Crippen LogP contribution in [0.4, 0.5) is 0 Å². The third-order valence-corrected chi connectivity index (χ3v) is 6.81. The van der Waals surface area contributed by atoms with Gasteiger partial charge in [-0.15, -0.1) is 0 Å². The Morgan fingerprint density at radius 1 is 1.05 bits per heavy atom. The summed E-state index contributed by atoms with van der Waals surface area (Å²) < 4.78 is 0. The number of nitrogens with two attached hydrogens (primary N) is 1. The first-order chi connectivity index (χ1) is 9.68. The first kappa shape index (κ1) is 14.8. The van der Waals surface area contributed by atoms with E-state index in [-0.39, 0.29) is 0 Å². The lowest BCUT2D eigenvalue weighted by atomic mass is 9.74. The molecule has 0 spiro atoms. The van der Waals surface area contributed by atoms with Gasteiger partial charge in [-0.25, -0.2) is 0 Å². The molecular formula is C17H33N3. The van der Waals surface area contributed by atoms with E-state index in [4.69, 9.17) is 5.73 Å². The van der Waals surface area contributed by atoms with Gasteiger partial charge in [0.05, 0.1) is 0 Å². The van der Waals surface area contributed by atoms with E-state index < -0.39 is 0 Å². The molecule has 3 heteroatoms. The molecule has 1 saturated carbocycles. The van der Waals surface area contributed by atoms with E-state index in [2.05, 4.69) is 23.8 Å². The van der Waals surface area contributed by atoms with E-state index in [9.17, 15) is 0 Å². The SMILES string of the molecule is CCC1CCC(CN)(N2CCC3CCC(C2)N3C)CC1. The Kier molecular flexibility index (Phi) is 4.40. The van der Waals surface area contributed by atoms with Crippen molar-refractivity contribution >= 4 is 0 Å². The third-order valence-electron chi connectivity index (χ3n) is 6.81. The van der Waals surface area contributed by atoms with Crippen LogP contribution >= 0.6 is 0 Å². The smallest absolute Gasteiger partial charge is 0.0332 e. The minimum atomic E-state index is 0.330. The fourth-order valence-electron chi connectivity index (χ4n) is 5.01. The molecule has 2 saturated heterocycles. The lowest BCUT2D eigenvalue weighted by Gasteiger charge is -2.48. The van der Waals surface area contributed by atoms with E-state index in [0.717, 1.165) is 24.5 Å². The number of nitrogens with zero attached hydrogens (tertiary/aromatic N) is 2. The molecule has 2 bridgehead atoms. The van der Waals surface area contributed by atoms with Gasteiger partial charge in [0.25, 0.3) is 0 Å². The van der Waals surface area contributed by atoms with Crippen LogP contribution in [0, 0.1) is 5.92 Å². The summed E-state index contributed by atoms with van der Waals surface area (Å²) in [6, 6.07) is 1.63. The zero-order valence-electron chi connectivity index (χ0n) is 13.5. The van der Waals surface area contributed by atoms with Gasteiger partial charge in [-0.2, -0.15) is 0 Å². The molecule has 2 N–H and O–H groups in total. The lowest BCUT2D eigenvalue weighted by molar-refractivity contribution is 0.0348. The van der Waals surface area contributed by atoms with E-state index in [0.29, 0.717) is 5.54 Å². The van der Waals surface area contributed by atoms with Crippen LogP contribution in [0.1, 0.15) is 58.3 Å². The van der Waals surface area contributed by atoms with Gasteiger partial charge in [-0.3, -0.25) is 9.80 Å². The quantitative estimate of drug-likeness (QED) is 0.861. The molecule has 0 radical (unpaired) electrons. The van der Waals surface area contributed by atoms with E-state index in [1.165, 1.54) is 64.5 Å². The highest BCUT2D eigenvalue weighted by Crippen LogP contribution is 2.40. The van der Waals surface area contributed by atoms with Crippen LogP contribution < -0.4 is 5.73 Å². The van der Waals surface area contributed by atoms with Gasteiger partial charge < -0.3 is 5.73 Å². The topological polar surface area (TPSA) is 32.5 Å². The molecule has 1 aliphatic carbocycles. The van der Waals surface area contributed by atoms with Crippen molar-refractivity contribution in [3.05, 3.63) is 0 Å². The average Bonchev–Trinajstić information content (AvgIpc) is 2.72. The molecule has 3 rings (SSSR count). The minimum Gasteiger partial charge on any atom is -0.329 e. The van der Waals surface area contributed by atoms with Crippen molar-refractivity contribution in [1.82, 2.24) is 9.80 Å². The molecule has 3 nitrogen and oxygen atoms in total. The van der Waals surface area contributed by atoms with Crippen LogP contribution in [-0.2, 0) is 0 Å². The largest absolute Gasteiger partial charge is 0.329 e. The molecular weight excluding hydrogens is 246 g/mol. The second kappa shape index (κ2) is 5.94. The van der Waals surface area contributed by atoms with Gasteiger partial charge in [-0.1, -0.05) is 13.3 Å². The van der Waals surface area contributed by atoms with E-state index in [1.807, 2.05) is 0 Å². The fourth-order valence-corrected chi connectivity index (χ4v) is 5.01. The molecule has 0 aromatic heterocycles. The Bertz CT molecular complexity index is 322. The highest BCUT2D eigenvalue weighted by Gasteiger charge is 2.43. The summed E-state index contributed by atoms with van der Waals surface area (Å²) in [7, 11) is 2.34. The number of likely N-dealkylation sites (tertiary alicyclic amines) is 1. The monoisotopic (exact) mass is 279 g/mol. The Morgan fingerprint density at radius 3 is 2.40 bits per heavy atom. The van der Waals surface area contributed by atoms with Crippen molar-refractivity contribution < 1.29 is 0 Å². The van der Waals surface area contributed by atoms with E-state index >= 15 is 0 Å². The molecule has 20 heavy (non-hydrogen) atoms. The molecule has 2 heterocycles. The number of rotatable bonds is 3. The second-order valence-electron chi connectivity index (χ2n) is 7.57. The van der Waals surface area contributed by atoms with Crippen molar-refractivity contribution in [2.45, 2.75) is 75.9 Å². The molecule has 2 atom stereocenters. The molecule has 3 aliphatic rings. The van der Waals surface area contributed by atoms with Gasteiger partial charge in [0.2, 0.25) is 0 Å². The molecule has 0 aromatic rings. The van der Waals surface area contributed by atoms with Gasteiger partial charge in [0.15, 0.2) is 0 Å². The number of hydrogen-bond donors (Lipinski definition) is 1. The first-order valence-electron chi connectivity index (χ1n) is 8.85. The van der Waals surface area contributed by atoms with Crippen LogP contribution in [0.2, 0.25) is 0 Å². The van der Waals surface area contributed by atoms with Crippen LogP contribution in [0.15, 0.2) is 0 Å². The highest BCUT2D eigenvalue weighted by atomic mass is 15.3. The zero-order valence-corrected chi connectivity index (χ0v) is 13.5. The molecule has 2 unspecified atom stereocenters. The van der Waals surface area contributed by atoms with Gasteiger partial charge in [0.1, 0.15) is 0 Å². The van der Waals surface area contributed by atoms with Gasteiger partial charge in [-0.05, 0) is 57.9 Å². The number of likely N-dealkylation sites (N-methyl/N-ethyl adjacent to an activating group) is 1. The number of fused-ring (bicyclic) bond motifs is 2. The molecule has 116 valence electrons. The maximum atomic E-state index is 6.28. The summed E-state index contributed by atoms with van der Waals surface area (Å²) in [6.45, 7) is 5.75. The van der Waals surface area contributed by atoms with Gasteiger partial charge >= 0.3 is 0 Å². The lowest BCUT2D eigenvalue weighted by Crippen LogP contribution is -2.57. The minimum absolute atomic E-state index is 0.330. The van der Waals surface area contributed by atoms with Crippen LogP contribution in [0.3, 0.4) is 0 Å². The maximum absolute atomic E-state index is 6.28. The van der Waals surface area contributed by atoms with Crippen molar-refractivity contribution in [1.29, 1.82) is 0 Å². The Morgan fingerprint density at radius 2 is 1.75 bits per heavy atom. The van der Waals surface area contributed by atoms with E-state index in [1.54, 1.807) is 0 Å². The zero-order chi connectivity index (χ0) is 14.2. The summed E-state index contributed by atoms with van der Waals surface area (Å²) in [5.74, 6) is 0.959. The Labute approximate surface area is 124 Å². The predicted molar refractivity (Wildman–Crippen MR) is 84.8 cm³/mol. The van der Waals surface area contributed by atoms with Crippen LogP contribution in [0.5, 0.6) is 0 Å². The molecule has 2 aliphatic heterocycles. The van der Waals surface area contributed by atoms with Gasteiger partial charge in [0, 0.05) is 37.3 Å². The molecule has 3 fully saturated rings. The summed E-state index contributed by atoms with van der Waals surface area (Å²) >= 11 is 0. The molecule has 0 amide bonds. The average molecular weight is 279 g/mol. The van der Waals surface area contributed by atoms with Crippen molar-refractivity contribution in [2.24, 2.45) is 11.7 Å². The second-order valence-corrected chi connectivity index (χ2v) is 7.57. The Hall–Kier alpha value is -0.120. The summed E-state index contributed by atoms with van der Waals surface area (Å²) in [5.41, 5.74) is 6.61. The van der Waals surface area contributed by atoms with Crippen LogP contribution in [-0.4, -0.2) is 54.1 Å². The van der Waals surface area contributed by atoms with Crippen LogP contribution in [0.25, 0.3) is 0 Å². The van der Waals surface area contributed by atoms with Crippen molar-refractivity contribution in [3.63, 3.8) is 0 Å². The highest BCUT2D eigenvalue weighted by molar-refractivity contribution is 5.00. The Balaban J connectivity index is 1.70.